The highest BCUT2D eigenvalue weighted by Gasteiger charge is 2.18. The molecule has 1 aromatic rings. The molecule has 0 spiro atoms. The van der Waals surface area contributed by atoms with Gasteiger partial charge in [0.1, 0.15) is 5.75 Å². The minimum atomic E-state index is 0.00334. The van der Waals surface area contributed by atoms with Crippen molar-refractivity contribution in [3.8, 4) is 5.75 Å². The van der Waals surface area contributed by atoms with Gasteiger partial charge in [-0.05, 0) is 31.4 Å². The van der Waals surface area contributed by atoms with E-state index in [0.717, 1.165) is 19.3 Å². The summed E-state index contributed by atoms with van der Waals surface area (Å²) in [7, 11) is 0. The van der Waals surface area contributed by atoms with Gasteiger partial charge in [0.25, 0.3) is 5.91 Å². The van der Waals surface area contributed by atoms with Gasteiger partial charge < -0.3 is 10.1 Å². The van der Waals surface area contributed by atoms with Gasteiger partial charge in [-0.1, -0.05) is 44.7 Å². The fraction of sp³-hybridized carbons (Fsp3) is 0.588. The highest BCUT2D eigenvalue weighted by Crippen LogP contribution is 2.21. The molecule has 1 aliphatic rings. The third-order valence-electron chi connectivity index (χ3n) is 3.78. The number of amides is 1. The van der Waals surface area contributed by atoms with Gasteiger partial charge in [0.15, 0.2) is 0 Å². The molecular formula is C17H25NO2. The minimum Gasteiger partial charge on any atom is -0.493 e. The monoisotopic (exact) mass is 275 g/mol. The van der Waals surface area contributed by atoms with Gasteiger partial charge in [-0.25, -0.2) is 0 Å². The predicted octanol–water partition coefficient (Wildman–Crippen LogP) is 3.93. The summed E-state index contributed by atoms with van der Waals surface area (Å²) in [6.45, 7) is 2.71. The Morgan fingerprint density at radius 3 is 2.60 bits per heavy atom. The number of carbonyl (C=O) groups is 1. The first kappa shape index (κ1) is 14.9. The number of hydrogen-bond donors (Lipinski definition) is 1. The molecule has 0 radical (unpaired) electrons. The van der Waals surface area contributed by atoms with Crippen LogP contribution >= 0.6 is 0 Å². The fourth-order valence-corrected chi connectivity index (χ4v) is 2.68. The van der Waals surface area contributed by atoms with E-state index < -0.39 is 0 Å². The van der Waals surface area contributed by atoms with Crippen LogP contribution in [0.5, 0.6) is 5.75 Å². The quantitative estimate of drug-likeness (QED) is 0.827. The standard InChI is InChI=1S/C17H25NO2/c1-2-13-20-16-12-8-7-11-15(16)17(19)18-14-9-5-3-4-6-10-14/h7-8,11-12,14H,2-6,9-10,13H2,1H3,(H,18,19). The minimum absolute atomic E-state index is 0.00334. The van der Waals surface area contributed by atoms with Crippen LogP contribution in [-0.2, 0) is 0 Å². The van der Waals surface area contributed by atoms with Gasteiger partial charge in [-0.3, -0.25) is 4.79 Å². The second-order valence-electron chi connectivity index (χ2n) is 5.51. The van der Waals surface area contributed by atoms with E-state index in [0.29, 0.717) is 24.0 Å². The Hall–Kier alpha value is -1.51. The van der Waals surface area contributed by atoms with Gasteiger partial charge >= 0.3 is 0 Å². The lowest BCUT2D eigenvalue weighted by molar-refractivity contribution is 0.0929. The zero-order valence-corrected chi connectivity index (χ0v) is 12.4. The molecule has 1 N–H and O–H groups in total. The summed E-state index contributed by atoms with van der Waals surface area (Å²) in [4.78, 5) is 12.4. The SMILES string of the molecule is CCCOc1ccccc1C(=O)NC1CCCCCC1. The average Bonchev–Trinajstić information content (AvgIpc) is 2.74. The highest BCUT2D eigenvalue weighted by molar-refractivity contribution is 5.97. The number of nitrogens with one attached hydrogen (secondary N) is 1. The molecule has 0 heterocycles. The van der Waals surface area contributed by atoms with Crippen LogP contribution in [0.15, 0.2) is 24.3 Å². The van der Waals surface area contributed by atoms with E-state index in [1.807, 2.05) is 24.3 Å². The van der Waals surface area contributed by atoms with Crippen molar-refractivity contribution in [2.24, 2.45) is 0 Å². The lowest BCUT2D eigenvalue weighted by Gasteiger charge is -2.17. The molecule has 0 aliphatic heterocycles. The van der Waals surface area contributed by atoms with Crippen LogP contribution in [0.1, 0.15) is 62.2 Å². The topological polar surface area (TPSA) is 38.3 Å². The summed E-state index contributed by atoms with van der Waals surface area (Å²) in [5, 5.41) is 3.17. The summed E-state index contributed by atoms with van der Waals surface area (Å²) < 4.78 is 5.66. The van der Waals surface area contributed by atoms with E-state index >= 15 is 0 Å². The summed E-state index contributed by atoms with van der Waals surface area (Å²) in [6.07, 6.45) is 8.18. The van der Waals surface area contributed by atoms with Gasteiger partial charge in [-0.2, -0.15) is 0 Å². The van der Waals surface area contributed by atoms with Crippen molar-refractivity contribution in [1.29, 1.82) is 0 Å². The fourth-order valence-electron chi connectivity index (χ4n) is 2.68. The van der Waals surface area contributed by atoms with E-state index in [4.69, 9.17) is 4.74 Å². The summed E-state index contributed by atoms with van der Waals surface area (Å²) in [5.74, 6) is 0.698. The first-order valence-electron chi connectivity index (χ1n) is 7.84. The first-order chi connectivity index (χ1) is 9.81. The van der Waals surface area contributed by atoms with Gasteiger partial charge in [-0.15, -0.1) is 0 Å². The number of ether oxygens (including phenoxy) is 1. The molecule has 1 saturated carbocycles. The van der Waals surface area contributed by atoms with Crippen molar-refractivity contribution in [3.63, 3.8) is 0 Å². The van der Waals surface area contributed by atoms with E-state index in [1.165, 1.54) is 25.7 Å². The Morgan fingerprint density at radius 1 is 1.20 bits per heavy atom. The van der Waals surface area contributed by atoms with Gasteiger partial charge in [0.05, 0.1) is 12.2 Å². The second-order valence-corrected chi connectivity index (χ2v) is 5.51. The zero-order valence-electron chi connectivity index (χ0n) is 12.4. The molecule has 0 atom stereocenters. The molecule has 1 amide bonds. The maximum absolute atomic E-state index is 12.4. The molecule has 0 bridgehead atoms. The largest absolute Gasteiger partial charge is 0.493 e. The van der Waals surface area contributed by atoms with Crippen molar-refractivity contribution < 1.29 is 9.53 Å². The molecule has 1 aliphatic carbocycles. The van der Waals surface area contributed by atoms with Crippen LogP contribution in [0, 0.1) is 0 Å². The molecule has 110 valence electrons. The smallest absolute Gasteiger partial charge is 0.255 e. The molecule has 1 fully saturated rings. The Kier molecular flexibility index (Phi) is 5.90. The average molecular weight is 275 g/mol. The number of benzene rings is 1. The van der Waals surface area contributed by atoms with Gasteiger partial charge in [0, 0.05) is 6.04 Å². The lowest BCUT2D eigenvalue weighted by atomic mass is 10.1. The van der Waals surface area contributed by atoms with Crippen molar-refractivity contribution >= 4 is 5.91 Å². The molecule has 0 unspecified atom stereocenters. The van der Waals surface area contributed by atoms with Crippen molar-refractivity contribution in [1.82, 2.24) is 5.32 Å². The third-order valence-corrected chi connectivity index (χ3v) is 3.78. The van der Waals surface area contributed by atoms with E-state index in [-0.39, 0.29) is 5.91 Å². The predicted molar refractivity (Wildman–Crippen MR) is 81.2 cm³/mol. The van der Waals surface area contributed by atoms with Crippen LogP contribution in [0.3, 0.4) is 0 Å². The zero-order chi connectivity index (χ0) is 14.2. The summed E-state index contributed by atoms with van der Waals surface area (Å²) in [6, 6.07) is 7.84. The van der Waals surface area contributed by atoms with Crippen molar-refractivity contribution in [3.05, 3.63) is 29.8 Å². The second kappa shape index (κ2) is 7.93. The summed E-state index contributed by atoms with van der Waals surface area (Å²) >= 11 is 0. The Bertz CT molecular complexity index is 423. The molecule has 2 rings (SSSR count). The lowest BCUT2D eigenvalue weighted by Crippen LogP contribution is -2.34. The Morgan fingerprint density at radius 2 is 1.90 bits per heavy atom. The number of rotatable bonds is 5. The van der Waals surface area contributed by atoms with Crippen LogP contribution in [0.25, 0.3) is 0 Å². The van der Waals surface area contributed by atoms with Crippen LogP contribution in [-0.4, -0.2) is 18.6 Å². The molecule has 1 aromatic carbocycles. The molecule has 3 nitrogen and oxygen atoms in total. The van der Waals surface area contributed by atoms with Crippen LogP contribution in [0.4, 0.5) is 0 Å². The molecule has 0 aromatic heterocycles. The molecule has 20 heavy (non-hydrogen) atoms. The van der Waals surface area contributed by atoms with E-state index in [9.17, 15) is 4.79 Å². The van der Waals surface area contributed by atoms with E-state index in [1.54, 1.807) is 0 Å². The maximum Gasteiger partial charge on any atom is 0.255 e. The molecule has 3 heteroatoms. The number of para-hydroxylation sites is 1. The summed E-state index contributed by atoms with van der Waals surface area (Å²) in [5.41, 5.74) is 0.658. The Labute approximate surface area is 121 Å². The normalized spacial score (nSPS) is 16.4. The first-order valence-corrected chi connectivity index (χ1v) is 7.84. The number of hydrogen-bond acceptors (Lipinski definition) is 2. The molecule has 0 saturated heterocycles. The van der Waals surface area contributed by atoms with Crippen LogP contribution < -0.4 is 10.1 Å². The Balaban J connectivity index is 2.00. The number of carbonyl (C=O) groups excluding carboxylic acids is 1. The molecular weight excluding hydrogens is 250 g/mol. The van der Waals surface area contributed by atoms with Crippen molar-refractivity contribution in [2.45, 2.75) is 57.9 Å². The van der Waals surface area contributed by atoms with Crippen LogP contribution in [0.2, 0.25) is 0 Å². The highest BCUT2D eigenvalue weighted by atomic mass is 16.5. The van der Waals surface area contributed by atoms with Gasteiger partial charge in [0.2, 0.25) is 0 Å². The van der Waals surface area contributed by atoms with E-state index in [2.05, 4.69) is 12.2 Å². The maximum atomic E-state index is 12.4. The van der Waals surface area contributed by atoms with Crippen molar-refractivity contribution in [2.75, 3.05) is 6.61 Å². The third kappa shape index (κ3) is 4.26.